The molecule has 2 rings (SSSR count). The Morgan fingerprint density at radius 2 is 2.17 bits per heavy atom. The molecule has 1 fully saturated rings. The van der Waals surface area contributed by atoms with Gasteiger partial charge in [0.05, 0.1) is 13.0 Å². The Bertz CT molecular complexity index is 560. The molecule has 0 aromatic carbocycles. The van der Waals surface area contributed by atoms with Crippen LogP contribution < -0.4 is 0 Å². The Morgan fingerprint density at radius 3 is 2.87 bits per heavy atom. The molecular weight excluding hydrogens is 294 g/mol. The van der Waals surface area contributed by atoms with E-state index in [1.807, 2.05) is 18.2 Å². The van der Waals surface area contributed by atoms with Gasteiger partial charge in [0.25, 0.3) is 0 Å². The molecule has 0 unspecified atom stereocenters. The minimum atomic E-state index is -0.803. The number of piperidine rings is 1. The third-order valence-corrected chi connectivity index (χ3v) is 4.20. The fraction of sp³-hybridized carbons (Fsp3) is 0.588. The van der Waals surface area contributed by atoms with Crippen molar-refractivity contribution in [3.05, 3.63) is 29.6 Å². The Kier molecular flexibility index (Phi) is 6.10. The van der Waals surface area contributed by atoms with Gasteiger partial charge in [-0.3, -0.25) is 19.5 Å². The molecule has 2 heterocycles. The van der Waals surface area contributed by atoms with Gasteiger partial charge in [-0.05, 0) is 31.5 Å². The van der Waals surface area contributed by atoms with E-state index in [1.165, 1.54) is 0 Å². The van der Waals surface area contributed by atoms with Gasteiger partial charge in [0.1, 0.15) is 0 Å². The maximum atomic E-state index is 11.9. The number of likely N-dealkylation sites (tertiary alicyclic amines) is 1. The third kappa shape index (κ3) is 5.32. The second kappa shape index (κ2) is 8.06. The average molecular weight is 319 g/mol. The zero-order valence-corrected chi connectivity index (χ0v) is 13.9. The Balaban J connectivity index is 1.99. The van der Waals surface area contributed by atoms with Crippen LogP contribution in [-0.2, 0) is 16.0 Å². The number of aliphatic carboxylic acids is 1. The summed E-state index contributed by atoms with van der Waals surface area (Å²) >= 11 is 0. The lowest BCUT2D eigenvalue weighted by Gasteiger charge is -2.32. The van der Waals surface area contributed by atoms with Crippen LogP contribution in [0, 0.1) is 0 Å². The van der Waals surface area contributed by atoms with E-state index in [9.17, 15) is 9.59 Å². The molecule has 1 aromatic rings. The van der Waals surface area contributed by atoms with Crippen LogP contribution in [0.2, 0.25) is 0 Å². The summed E-state index contributed by atoms with van der Waals surface area (Å²) in [5.74, 6) is -0.374. The van der Waals surface area contributed by atoms with Crippen LogP contribution >= 0.6 is 0 Å². The first-order valence-corrected chi connectivity index (χ1v) is 8.06. The number of carbonyl (C=O) groups excluding carboxylic acids is 1. The summed E-state index contributed by atoms with van der Waals surface area (Å²) < 4.78 is 0. The number of hydrogen-bond donors (Lipinski definition) is 1. The minimum absolute atomic E-state index is 0.102. The highest BCUT2D eigenvalue weighted by atomic mass is 16.4. The minimum Gasteiger partial charge on any atom is -0.481 e. The van der Waals surface area contributed by atoms with Crippen molar-refractivity contribution >= 4 is 11.9 Å². The number of nitrogens with zero attached hydrogens (tertiary/aromatic N) is 3. The summed E-state index contributed by atoms with van der Waals surface area (Å²) in [6, 6.07) is 5.83. The van der Waals surface area contributed by atoms with E-state index in [0.29, 0.717) is 18.9 Å². The quantitative estimate of drug-likeness (QED) is 0.857. The maximum Gasteiger partial charge on any atom is 0.303 e. The van der Waals surface area contributed by atoms with Gasteiger partial charge in [-0.15, -0.1) is 0 Å². The molecule has 1 aromatic heterocycles. The first kappa shape index (κ1) is 17.4. The number of amides is 1. The van der Waals surface area contributed by atoms with Crippen molar-refractivity contribution < 1.29 is 14.7 Å². The van der Waals surface area contributed by atoms with Crippen molar-refractivity contribution in [2.75, 3.05) is 33.7 Å². The van der Waals surface area contributed by atoms with Gasteiger partial charge >= 0.3 is 5.97 Å². The van der Waals surface area contributed by atoms with E-state index >= 15 is 0 Å². The van der Waals surface area contributed by atoms with Gasteiger partial charge in [0, 0.05) is 44.4 Å². The number of likely N-dealkylation sites (N-methyl/N-ethyl adjacent to an activating group) is 1. The van der Waals surface area contributed by atoms with Gasteiger partial charge < -0.3 is 10.0 Å². The highest BCUT2D eigenvalue weighted by Gasteiger charge is 2.24. The molecule has 0 radical (unpaired) electrons. The molecule has 1 atom stereocenters. The molecule has 6 nitrogen and oxygen atoms in total. The predicted molar refractivity (Wildman–Crippen MR) is 87.3 cm³/mol. The second-order valence-corrected chi connectivity index (χ2v) is 6.31. The van der Waals surface area contributed by atoms with Crippen LogP contribution in [0.15, 0.2) is 18.2 Å². The Morgan fingerprint density at radius 1 is 1.39 bits per heavy atom. The van der Waals surface area contributed by atoms with Crippen LogP contribution in [0.25, 0.3) is 0 Å². The molecule has 0 bridgehead atoms. The summed E-state index contributed by atoms with van der Waals surface area (Å²) in [6.07, 6.45) is 2.66. The van der Waals surface area contributed by atoms with Gasteiger partial charge in [-0.2, -0.15) is 0 Å². The summed E-state index contributed by atoms with van der Waals surface area (Å²) in [6.45, 7) is 2.21. The Hall–Kier alpha value is -1.95. The van der Waals surface area contributed by atoms with Gasteiger partial charge in [0.2, 0.25) is 5.91 Å². The number of pyridine rings is 1. The third-order valence-electron chi connectivity index (χ3n) is 4.20. The van der Waals surface area contributed by atoms with Crippen LogP contribution in [0.3, 0.4) is 0 Å². The van der Waals surface area contributed by atoms with Crippen LogP contribution in [0.5, 0.6) is 0 Å². The summed E-state index contributed by atoms with van der Waals surface area (Å²) in [5.41, 5.74) is 1.83. The molecule has 0 saturated carbocycles. The van der Waals surface area contributed by atoms with Crippen molar-refractivity contribution in [3.8, 4) is 0 Å². The first-order valence-electron chi connectivity index (χ1n) is 8.06. The highest BCUT2D eigenvalue weighted by molar-refractivity contribution is 5.77. The summed E-state index contributed by atoms with van der Waals surface area (Å²) in [5, 5.41) is 8.79. The van der Waals surface area contributed by atoms with E-state index in [0.717, 1.165) is 37.3 Å². The SMILES string of the molecule is CN(C)C(=O)CN1CCC[C@@H](c2cccc(CCC(=O)O)n2)C1. The Labute approximate surface area is 137 Å². The standard InChI is InChI=1S/C17H25N3O3/c1-19(2)16(21)12-20-10-4-5-13(11-20)15-7-3-6-14(18-15)8-9-17(22)23/h3,6-7,13H,4-5,8-12H2,1-2H3,(H,22,23)/t13-/m1/s1. The molecule has 0 spiro atoms. The normalized spacial score (nSPS) is 18.6. The molecule has 1 aliphatic heterocycles. The zero-order valence-electron chi connectivity index (χ0n) is 13.9. The lowest BCUT2D eigenvalue weighted by molar-refractivity contribution is -0.137. The number of carbonyl (C=O) groups is 2. The topological polar surface area (TPSA) is 73.7 Å². The zero-order chi connectivity index (χ0) is 16.8. The highest BCUT2D eigenvalue weighted by Crippen LogP contribution is 2.25. The van der Waals surface area contributed by atoms with Crippen molar-refractivity contribution in [3.63, 3.8) is 0 Å². The molecular formula is C17H25N3O3. The lowest BCUT2D eigenvalue weighted by atomic mass is 9.94. The fourth-order valence-electron chi connectivity index (χ4n) is 2.87. The van der Waals surface area contributed by atoms with E-state index in [-0.39, 0.29) is 12.3 Å². The van der Waals surface area contributed by atoms with Gasteiger partial charge in [-0.1, -0.05) is 6.07 Å². The number of carboxylic acids is 1. The molecule has 1 saturated heterocycles. The predicted octanol–water partition coefficient (Wildman–Crippen LogP) is 1.37. The average Bonchev–Trinajstić information content (AvgIpc) is 2.53. The number of aryl methyl sites for hydroxylation is 1. The van der Waals surface area contributed by atoms with E-state index in [1.54, 1.807) is 19.0 Å². The number of rotatable bonds is 6. The van der Waals surface area contributed by atoms with E-state index in [4.69, 9.17) is 5.11 Å². The molecule has 126 valence electrons. The number of hydrogen-bond acceptors (Lipinski definition) is 4. The van der Waals surface area contributed by atoms with Crippen molar-refractivity contribution in [2.45, 2.75) is 31.6 Å². The van der Waals surface area contributed by atoms with Crippen LogP contribution in [0.1, 0.15) is 36.6 Å². The maximum absolute atomic E-state index is 11.9. The second-order valence-electron chi connectivity index (χ2n) is 6.31. The number of carboxylic acid groups (broad SMARTS) is 1. The monoisotopic (exact) mass is 319 g/mol. The summed E-state index contributed by atoms with van der Waals surface area (Å²) in [7, 11) is 3.55. The van der Waals surface area contributed by atoms with Gasteiger partial charge in [0.15, 0.2) is 0 Å². The van der Waals surface area contributed by atoms with Gasteiger partial charge in [-0.25, -0.2) is 0 Å². The molecule has 0 aliphatic carbocycles. The molecule has 1 aliphatic rings. The molecule has 6 heteroatoms. The van der Waals surface area contributed by atoms with E-state index in [2.05, 4.69) is 9.88 Å². The molecule has 1 N–H and O–H groups in total. The fourth-order valence-corrected chi connectivity index (χ4v) is 2.87. The largest absolute Gasteiger partial charge is 0.481 e. The first-order chi connectivity index (χ1) is 11.0. The molecule has 1 amide bonds. The van der Waals surface area contributed by atoms with E-state index < -0.39 is 5.97 Å². The summed E-state index contributed by atoms with van der Waals surface area (Å²) in [4.78, 5) is 31.0. The molecule has 23 heavy (non-hydrogen) atoms. The lowest BCUT2D eigenvalue weighted by Crippen LogP contribution is -2.41. The van der Waals surface area contributed by atoms with Crippen molar-refractivity contribution in [1.82, 2.24) is 14.8 Å². The smallest absolute Gasteiger partial charge is 0.303 e. The van der Waals surface area contributed by atoms with Crippen molar-refractivity contribution in [2.24, 2.45) is 0 Å². The van der Waals surface area contributed by atoms with Crippen LogP contribution in [-0.4, -0.2) is 65.5 Å². The number of aromatic nitrogens is 1. The van der Waals surface area contributed by atoms with Crippen molar-refractivity contribution in [1.29, 1.82) is 0 Å². The van der Waals surface area contributed by atoms with Crippen LogP contribution in [0.4, 0.5) is 0 Å².